The van der Waals surface area contributed by atoms with Crippen LogP contribution in [0.25, 0.3) is 0 Å². The minimum Gasteiger partial charge on any atom is -0.480 e. The minimum absolute atomic E-state index is 0.0229. The molecule has 2 bridgehead atoms. The first-order chi connectivity index (χ1) is 6.61. The van der Waals surface area contributed by atoms with Gasteiger partial charge in [0.2, 0.25) is 0 Å². The van der Waals surface area contributed by atoms with E-state index in [1.165, 1.54) is 0 Å². The summed E-state index contributed by atoms with van der Waals surface area (Å²) in [6.45, 7) is 1.64. The molecule has 3 aliphatic rings. The molecular weight excluding hydrogens is 190 g/mol. The van der Waals surface area contributed by atoms with E-state index in [1.54, 1.807) is 0 Å². The lowest BCUT2D eigenvalue weighted by molar-refractivity contribution is -0.450. The molecule has 3 heterocycles. The monoisotopic (exact) mass is 203 g/mol. The van der Waals surface area contributed by atoms with E-state index in [1.807, 2.05) is 0 Å². The topological polar surface area (TPSA) is 91.0 Å². The van der Waals surface area contributed by atoms with E-state index in [0.29, 0.717) is 19.8 Å². The summed E-state index contributed by atoms with van der Waals surface area (Å²) in [6.07, 6.45) is 0.0229. The van der Waals surface area contributed by atoms with E-state index in [2.05, 4.69) is 0 Å². The quantitative estimate of drug-likeness (QED) is 0.620. The number of carboxylic acid groups (broad SMARTS) is 1. The largest absolute Gasteiger partial charge is 0.480 e. The van der Waals surface area contributed by atoms with Gasteiger partial charge in [-0.25, -0.2) is 0 Å². The van der Waals surface area contributed by atoms with Crippen LogP contribution < -0.4 is 5.73 Å². The third-order valence-electron chi connectivity index (χ3n) is 2.40. The van der Waals surface area contributed by atoms with Crippen molar-refractivity contribution in [1.29, 1.82) is 0 Å². The highest BCUT2D eigenvalue weighted by Crippen LogP contribution is 2.33. The summed E-state index contributed by atoms with van der Waals surface area (Å²) >= 11 is 0. The summed E-state index contributed by atoms with van der Waals surface area (Å²) in [5.74, 6) is -2.03. The fraction of sp³-hybridized carbons (Fsp3) is 0.875. The van der Waals surface area contributed by atoms with Gasteiger partial charge in [-0.3, -0.25) is 4.79 Å². The van der Waals surface area contributed by atoms with Crippen LogP contribution in [0.2, 0.25) is 0 Å². The molecule has 80 valence electrons. The van der Waals surface area contributed by atoms with Gasteiger partial charge in [0.1, 0.15) is 6.04 Å². The smallest absolute Gasteiger partial charge is 0.320 e. The van der Waals surface area contributed by atoms with Crippen LogP contribution in [0.15, 0.2) is 0 Å². The van der Waals surface area contributed by atoms with Crippen molar-refractivity contribution < 1.29 is 24.1 Å². The van der Waals surface area contributed by atoms with Gasteiger partial charge < -0.3 is 25.1 Å². The molecule has 1 atom stereocenters. The predicted octanol–water partition coefficient (Wildman–Crippen LogP) is -0.865. The molecule has 3 rings (SSSR count). The van der Waals surface area contributed by atoms with Crippen LogP contribution in [0.1, 0.15) is 6.42 Å². The van der Waals surface area contributed by atoms with Gasteiger partial charge in [0.15, 0.2) is 0 Å². The first-order valence-electron chi connectivity index (χ1n) is 4.51. The molecule has 6 heteroatoms. The fourth-order valence-electron chi connectivity index (χ4n) is 1.54. The summed E-state index contributed by atoms with van der Waals surface area (Å²) in [7, 11) is 0. The highest BCUT2D eigenvalue weighted by Gasteiger charge is 2.46. The Kier molecular flexibility index (Phi) is 2.44. The number of carbonyl (C=O) groups is 1. The maximum Gasteiger partial charge on any atom is 0.320 e. The van der Waals surface area contributed by atoms with Crippen molar-refractivity contribution in [2.24, 2.45) is 11.7 Å². The Bertz CT molecular complexity index is 222. The molecule has 0 saturated carbocycles. The van der Waals surface area contributed by atoms with Crippen LogP contribution >= 0.6 is 0 Å². The average Bonchev–Trinajstić information content (AvgIpc) is 2.19. The van der Waals surface area contributed by atoms with Gasteiger partial charge in [-0.15, -0.1) is 0 Å². The second-order valence-corrected chi connectivity index (χ2v) is 3.63. The molecule has 6 nitrogen and oxygen atoms in total. The first-order valence-corrected chi connectivity index (χ1v) is 4.51. The van der Waals surface area contributed by atoms with Crippen molar-refractivity contribution in [1.82, 2.24) is 0 Å². The molecule has 1 unspecified atom stereocenters. The van der Waals surface area contributed by atoms with Crippen molar-refractivity contribution in [2.75, 3.05) is 19.8 Å². The number of rotatable bonds is 3. The molecule has 3 aliphatic heterocycles. The zero-order valence-electron chi connectivity index (χ0n) is 7.64. The van der Waals surface area contributed by atoms with Crippen LogP contribution in [-0.4, -0.2) is 42.9 Å². The van der Waals surface area contributed by atoms with Gasteiger partial charge in [-0.05, 0) is 0 Å². The summed E-state index contributed by atoms with van der Waals surface area (Å²) < 4.78 is 15.9. The zero-order valence-corrected chi connectivity index (χ0v) is 7.64. The zero-order chi connectivity index (χ0) is 10.2. The highest BCUT2D eigenvalue weighted by molar-refractivity contribution is 5.73. The number of hydrogen-bond donors (Lipinski definition) is 2. The fourth-order valence-corrected chi connectivity index (χ4v) is 1.54. The Labute approximate surface area is 80.9 Å². The van der Waals surface area contributed by atoms with Crippen LogP contribution in [-0.2, 0) is 19.0 Å². The molecule has 0 aliphatic carbocycles. The SMILES string of the molecule is NC(CC12OCC(CO1)CO2)C(=O)O. The van der Waals surface area contributed by atoms with Gasteiger partial charge in [0.25, 0.3) is 5.97 Å². The summed E-state index contributed by atoms with van der Waals surface area (Å²) in [5, 5.41) is 8.64. The van der Waals surface area contributed by atoms with E-state index in [0.717, 1.165) is 0 Å². The number of carboxylic acids is 1. The Morgan fingerprint density at radius 1 is 1.43 bits per heavy atom. The molecule has 0 radical (unpaired) electrons. The molecule has 3 N–H and O–H groups in total. The molecule has 3 saturated heterocycles. The van der Waals surface area contributed by atoms with E-state index < -0.39 is 18.0 Å². The number of nitrogens with two attached hydrogens (primary N) is 1. The lowest BCUT2D eigenvalue weighted by atomic mass is 10.1. The average molecular weight is 203 g/mol. The van der Waals surface area contributed by atoms with Gasteiger partial charge in [0.05, 0.1) is 26.2 Å². The van der Waals surface area contributed by atoms with Gasteiger partial charge in [0, 0.05) is 5.92 Å². The maximum atomic E-state index is 10.6. The third kappa shape index (κ3) is 1.74. The summed E-state index contributed by atoms with van der Waals surface area (Å²) in [5.41, 5.74) is 5.39. The highest BCUT2D eigenvalue weighted by atomic mass is 16.9. The molecule has 0 spiro atoms. The minimum atomic E-state index is -1.22. The number of hydrogen-bond acceptors (Lipinski definition) is 5. The predicted molar refractivity (Wildman–Crippen MR) is 44.3 cm³/mol. The molecule has 0 aromatic rings. The molecule has 3 fully saturated rings. The van der Waals surface area contributed by atoms with Gasteiger partial charge in [-0.1, -0.05) is 0 Å². The van der Waals surface area contributed by atoms with Crippen molar-refractivity contribution in [3.05, 3.63) is 0 Å². The molecule has 0 amide bonds. The van der Waals surface area contributed by atoms with Gasteiger partial charge in [-0.2, -0.15) is 0 Å². The normalized spacial score (nSPS) is 38.2. The van der Waals surface area contributed by atoms with Crippen molar-refractivity contribution in [3.63, 3.8) is 0 Å². The van der Waals surface area contributed by atoms with Crippen LogP contribution in [0.5, 0.6) is 0 Å². The molecule has 0 aromatic heterocycles. The van der Waals surface area contributed by atoms with E-state index in [4.69, 9.17) is 25.1 Å². The number of fused-ring (bicyclic) bond motifs is 3. The van der Waals surface area contributed by atoms with Crippen molar-refractivity contribution >= 4 is 5.97 Å². The second-order valence-electron chi connectivity index (χ2n) is 3.63. The van der Waals surface area contributed by atoms with Gasteiger partial charge >= 0.3 is 5.97 Å². The summed E-state index contributed by atoms with van der Waals surface area (Å²) in [6, 6.07) is -1.02. The van der Waals surface area contributed by atoms with E-state index in [-0.39, 0.29) is 12.3 Å². The van der Waals surface area contributed by atoms with Crippen LogP contribution in [0.4, 0.5) is 0 Å². The lowest BCUT2D eigenvalue weighted by Crippen LogP contribution is -2.56. The third-order valence-corrected chi connectivity index (χ3v) is 2.40. The van der Waals surface area contributed by atoms with Crippen molar-refractivity contribution in [3.8, 4) is 0 Å². The number of aliphatic carboxylic acids is 1. The van der Waals surface area contributed by atoms with E-state index in [9.17, 15) is 4.79 Å². The standard InChI is InChI=1S/C8H13NO5/c9-6(7(10)11)1-8-12-2-5(3-13-8)4-14-8/h5-6H,1-4,9H2,(H,10,11). The Morgan fingerprint density at radius 3 is 2.36 bits per heavy atom. The second kappa shape index (κ2) is 3.47. The Hall–Kier alpha value is -0.690. The Morgan fingerprint density at radius 2 is 1.93 bits per heavy atom. The first kappa shape index (κ1) is 9.85. The van der Waals surface area contributed by atoms with Crippen molar-refractivity contribution in [2.45, 2.75) is 18.4 Å². The van der Waals surface area contributed by atoms with Crippen LogP contribution in [0.3, 0.4) is 0 Å². The molecule has 14 heavy (non-hydrogen) atoms. The van der Waals surface area contributed by atoms with Crippen LogP contribution in [0, 0.1) is 5.92 Å². The molecular formula is C8H13NO5. The summed E-state index contributed by atoms with van der Waals surface area (Å²) in [4.78, 5) is 10.6. The van der Waals surface area contributed by atoms with E-state index >= 15 is 0 Å². The Balaban J connectivity index is 1.98. The lowest BCUT2D eigenvalue weighted by Gasteiger charge is -2.45. The number of ether oxygens (including phenoxy) is 3. The molecule has 0 aromatic carbocycles. The maximum absolute atomic E-state index is 10.6.